The summed E-state index contributed by atoms with van der Waals surface area (Å²) in [5, 5.41) is 0. The molecule has 1 aliphatic carbocycles. The number of rotatable bonds is 4. The van der Waals surface area contributed by atoms with Gasteiger partial charge in [0.1, 0.15) is 0 Å². The molecule has 1 fully saturated rings. The van der Waals surface area contributed by atoms with Gasteiger partial charge in [0.2, 0.25) is 0 Å². The second kappa shape index (κ2) is 6.87. The molecule has 1 saturated carbocycles. The predicted octanol–water partition coefficient (Wildman–Crippen LogP) is 4.02. The van der Waals surface area contributed by atoms with E-state index in [1.54, 1.807) is 0 Å². The van der Waals surface area contributed by atoms with Crippen LogP contribution in [-0.4, -0.2) is 24.5 Å². The van der Waals surface area contributed by atoms with Crippen LogP contribution in [0, 0.1) is 6.92 Å². The van der Waals surface area contributed by atoms with Crippen molar-refractivity contribution in [3.8, 4) is 0 Å². The van der Waals surface area contributed by atoms with Crippen molar-refractivity contribution in [1.29, 1.82) is 0 Å². The van der Waals surface area contributed by atoms with E-state index in [9.17, 15) is 0 Å². The third-order valence-corrected chi connectivity index (χ3v) is 5.07. The molecule has 0 saturated heterocycles. The minimum absolute atomic E-state index is 0.318. The zero-order valence-corrected chi connectivity index (χ0v) is 13.6. The van der Waals surface area contributed by atoms with E-state index >= 15 is 0 Å². The summed E-state index contributed by atoms with van der Waals surface area (Å²) in [5.74, 6) is 0. The van der Waals surface area contributed by atoms with Crippen LogP contribution in [0.5, 0.6) is 0 Å². The summed E-state index contributed by atoms with van der Waals surface area (Å²) in [6.45, 7) is 2.80. The van der Waals surface area contributed by atoms with Crippen molar-refractivity contribution in [3.63, 3.8) is 0 Å². The fourth-order valence-electron chi connectivity index (χ4n) is 3.16. The molecule has 19 heavy (non-hydrogen) atoms. The number of benzene rings is 1. The highest BCUT2D eigenvalue weighted by molar-refractivity contribution is 9.10. The second-order valence-electron chi connectivity index (χ2n) is 5.73. The lowest BCUT2D eigenvalue weighted by atomic mass is 9.92. The number of likely N-dealkylation sites (N-methyl/N-ethyl adjacent to an activating group) is 1. The van der Waals surface area contributed by atoms with E-state index in [1.165, 1.54) is 47.7 Å². The Balaban J connectivity index is 2.18. The summed E-state index contributed by atoms with van der Waals surface area (Å²) in [7, 11) is 2.24. The van der Waals surface area contributed by atoms with Crippen LogP contribution in [0.1, 0.15) is 49.3 Å². The van der Waals surface area contributed by atoms with Gasteiger partial charge in [-0.05, 0) is 44.0 Å². The smallest absolute Gasteiger partial charge is 0.0481 e. The average molecular weight is 325 g/mol. The topological polar surface area (TPSA) is 29.3 Å². The Kier molecular flexibility index (Phi) is 5.43. The molecule has 2 rings (SSSR count). The largest absolute Gasteiger partial charge is 0.329 e. The zero-order valence-electron chi connectivity index (χ0n) is 12.0. The highest BCUT2D eigenvalue weighted by atomic mass is 79.9. The summed E-state index contributed by atoms with van der Waals surface area (Å²) >= 11 is 3.70. The quantitative estimate of drug-likeness (QED) is 0.906. The molecule has 0 amide bonds. The van der Waals surface area contributed by atoms with Crippen molar-refractivity contribution in [3.05, 3.63) is 33.8 Å². The normalized spacial score (nSPS) is 18.8. The summed E-state index contributed by atoms with van der Waals surface area (Å²) in [6, 6.07) is 7.59. The molecular formula is C16H25BrN2. The molecule has 0 radical (unpaired) electrons. The number of halogens is 1. The van der Waals surface area contributed by atoms with Crippen LogP contribution in [0.4, 0.5) is 0 Å². The number of hydrogen-bond donors (Lipinski definition) is 1. The van der Waals surface area contributed by atoms with E-state index in [4.69, 9.17) is 5.73 Å². The highest BCUT2D eigenvalue weighted by Gasteiger charge is 2.25. The van der Waals surface area contributed by atoms with Crippen LogP contribution < -0.4 is 5.73 Å². The molecule has 2 nitrogen and oxygen atoms in total. The second-order valence-corrected chi connectivity index (χ2v) is 6.59. The summed E-state index contributed by atoms with van der Waals surface area (Å²) < 4.78 is 1.19. The van der Waals surface area contributed by atoms with Gasteiger partial charge in [-0.15, -0.1) is 0 Å². The lowest BCUT2D eigenvalue weighted by molar-refractivity contribution is 0.140. The van der Waals surface area contributed by atoms with Gasteiger partial charge < -0.3 is 5.73 Å². The molecule has 0 aromatic heterocycles. The Morgan fingerprint density at radius 3 is 2.58 bits per heavy atom. The van der Waals surface area contributed by atoms with Gasteiger partial charge in [0.25, 0.3) is 0 Å². The van der Waals surface area contributed by atoms with Gasteiger partial charge in [-0.25, -0.2) is 0 Å². The average Bonchev–Trinajstić information content (AvgIpc) is 2.42. The number of nitrogens with two attached hydrogens (primary N) is 1. The Labute approximate surface area is 125 Å². The molecule has 0 spiro atoms. The third-order valence-electron chi connectivity index (χ3n) is 4.38. The first-order valence-electron chi connectivity index (χ1n) is 7.31. The number of nitrogens with zero attached hydrogens (tertiary/aromatic N) is 1. The van der Waals surface area contributed by atoms with E-state index < -0.39 is 0 Å². The zero-order chi connectivity index (χ0) is 13.8. The van der Waals surface area contributed by atoms with Crippen LogP contribution in [0.3, 0.4) is 0 Å². The molecule has 1 atom stereocenters. The van der Waals surface area contributed by atoms with Gasteiger partial charge in [-0.3, -0.25) is 4.90 Å². The van der Waals surface area contributed by atoms with Crippen molar-refractivity contribution in [2.45, 2.75) is 51.1 Å². The van der Waals surface area contributed by atoms with E-state index in [0.29, 0.717) is 18.6 Å². The Hall–Kier alpha value is -0.380. The standard InChI is InChI=1S/C16H25BrN2/c1-12-8-9-14(15(17)10-12)16(11-18)19(2)13-6-4-3-5-7-13/h8-10,13,16H,3-7,11,18H2,1-2H3. The maximum Gasteiger partial charge on any atom is 0.0481 e. The van der Waals surface area contributed by atoms with Crippen molar-refractivity contribution in [1.82, 2.24) is 4.90 Å². The maximum atomic E-state index is 6.06. The van der Waals surface area contributed by atoms with Crippen LogP contribution in [0.15, 0.2) is 22.7 Å². The first-order chi connectivity index (χ1) is 9.13. The van der Waals surface area contributed by atoms with Gasteiger partial charge in [-0.2, -0.15) is 0 Å². The fraction of sp³-hybridized carbons (Fsp3) is 0.625. The fourth-order valence-corrected chi connectivity index (χ4v) is 3.92. The first kappa shape index (κ1) is 15.0. The molecule has 1 aliphatic rings. The summed E-state index contributed by atoms with van der Waals surface area (Å²) in [5.41, 5.74) is 8.66. The van der Waals surface area contributed by atoms with Crippen LogP contribution >= 0.6 is 15.9 Å². The van der Waals surface area contributed by atoms with E-state index in [1.807, 2.05) is 0 Å². The minimum atomic E-state index is 0.318. The molecular weight excluding hydrogens is 300 g/mol. The number of aryl methyl sites for hydroxylation is 1. The monoisotopic (exact) mass is 324 g/mol. The van der Waals surface area contributed by atoms with Gasteiger partial charge in [0.15, 0.2) is 0 Å². The van der Waals surface area contributed by atoms with Crippen LogP contribution in [0.2, 0.25) is 0 Å². The molecule has 0 aliphatic heterocycles. The molecule has 0 bridgehead atoms. The number of hydrogen-bond acceptors (Lipinski definition) is 2. The van der Waals surface area contributed by atoms with Gasteiger partial charge in [-0.1, -0.05) is 47.3 Å². The van der Waals surface area contributed by atoms with E-state index in [0.717, 1.165) is 0 Å². The molecule has 1 unspecified atom stereocenters. The van der Waals surface area contributed by atoms with Crippen molar-refractivity contribution >= 4 is 15.9 Å². The Morgan fingerprint density at radius 2 is 2.00 bits per heavy atom. The molecule has 0 heterocycles. The molecule has 106 valence electrons. The lowest BCUT2D eigenvalue weighted by Crippen LogP contribution is -2.39. The molecule has 1 aromatic rings. The van der Waals surface area contributed by atoms with Crippen molar-refractivity contribution in [2.75, 3.05) is 13.6 Å². The maximum absolute atomic E-state index is 6.06. The Bertz CT molecular complexity index is 413. The molecule has 1 aromatic carbocycles. The van der Waals surface area contributed by atoms with Crippen molar-refractivity contribution < 1.29 is 0 Å². The van der Waals surface area contributed by atoms with Gasteiger partial charge in [0, 0.05) is 23.1 Å². The SMILES string of the molecule is Cc1ccc(C(CN)N(C)C2CCCCC2)c(Br)c1. The predicted molar refractivity (Wildman–Crippen MR) is 85.3 cm³/mol. The summed E-state index contributed by atoms with van der Waals surface area (Å²) in [6.07, 6.45) is 6.75. The van der Waals surface area contributed by atoms with Crippen molar-refractivity contribution in [2.24, 2.45) is 5.73 Å². The highest BCUT2D eigenvalue weighted by Crippen LogP contribution is 2.32. The summed E-state index contributed by atoms with van der Waals surface area (Å²) in [4.78, 5) is 2.49. The molecule has 3 heteroatoms. The van der Waals surface area contributed by atoms with Gasteiger partial charge >= 0.3 is 0 Å². The van der Waals surface area contributed by atoms with Crippen LogP contribution in [-0.2, 0) is 0 Å². The van der Waals surface area contributed by atoms with Gasteiger partial charge in [0.05, 0.1) is 0 Å². The first-order valence-corrected chi connectivity index (χ1v) is 8.11. The Morgan fingerprint density at radius 1 is 1.32 bits per heavy atom. The minimum Gasteiger partial charge on any atom is -0.329 e. The lowest BCUT2D eigenvalue weighted by Gasteiger charge is -2.37. The van der Waals surface area contributed by atoms with Crippen LogP contribution in [0.25, 0.3) is 0 Å². The third kappa shape index (κ3) is 3.59. The molecule has 2 N–H and O–H groups in total. The van der Waals surface area contributed by atoms with E-state index in [-0.39, 0.29) is 0 Å². The van der Waals surface area contributed by atoms with E-state index in [2.05, 4.69) is 53.0 Å².